The number of aromatic nitrogens is 4. The van der Waals surface area contributed by atoms with Crippen LogP contribution in [-0.4, -0.2) is 19.7 Å². The molecule has 1 aliphatic rings. The highest BCUT2D eigenvalue weighted by Gasteiger charge is 2.23. The summed E-state index contributed by atoms with van der Waals surface area (Å²) < 4.78 is 7.43. The highest BCUT2D eigenvalue weighted by molar-refractivity contribution is 7.98. The first-order valence-corrected chi connectivity index (χ1v) is 12.4. The van der Waals surface area contributed by atoms with Gasteiger partial charge in [-0.15, -0.1) is 21.5 Å². The number of nitrogens with zero attached hydrogens (tertiary/aromatic N) is 4. The average Bonchev–Trinajstić information content (AvgIpc) is 3.38. The number of thioether (sulfide) groups is 1. The van der Waals surface area contributed by atoms with Crippen molar-refractivity contribution in [1.29, 1.82) is 0 Å². The largest absolute Gasteiger partial charge is 0.424 e. The van der Waals surface area contributed by atoms with Gasteiger partial charge in [-0.05, 0) is 68.4 Å². The molecular formula is C23H24N4O2S2. The van der Waals surface area contributed by atoms with Gasteiger partial charge in [0.15, 0.2) is 5.16 Å². The van der Waals surface area contributed by atoms with Gasteiger partial charge in [0.2, 0.25) is 11.8 Å². The van der Waals surface area contributed by atoms with Gasteiger partial charge >= 0.3 is 0 Å². The van der Waals surface area contributed by atoms with Crippen LogP contribution >= 0.6 is 23.1 Å². The number of rotatable bonds is 5. The third kappa shape index (κ3) is 3.72. The zero-order chi connectivity index (χ0) is 21.5. The highest BCUT2D eigenvalue weighted by Crippen LogP contribution is 2.35. The van der Waals surface area contributed by atoms with E-state index in [2.05, 4.69) is 36.2 Å². The van der Waals surface area contributed by atoms with E-state index in [9.17, 15) is 4.79 Å². The Balaban J connectivity index is 1.66. The lowest BCUT2D eigenvalue weighted by Gasteiger charge is -2.14. The monoisotopic (exact) mass is 452 g/mol. The van der Waals surface area contributed by atoms with Crippen molar-refractivity contribution < 1.29 is 4.42 Å². The first-order valence-electron chi connectivity index (χ1n) is 10.6. The van der Waals surface area contributed by atoms with Gasteiger partial charge in [0.05, 0.1) is 16.8 Å². The second kappa shape index (κ2) is 8.24. The molecule has 4 aromatic rings. The minimum atomic E-state index is 0.0231. The van der Waals surface area contributed by atoms with E-state index in [0.717, 1.165) is 40.7 Å². The maximum Gasteiger partial charge on any atom is 0.267 e. The lowest BCUT2D eigenvalue weighted by molar-refractivity contribution is 0.469. The lowest BCUT2D eigenvalue weighted by Crippen LogP contribution is -2.22. The molecule has 8 heteroatoms. The molecule has 0 fully saturated rings. The van der Waals surface area contributed by atoms with Crippen molar-refractivity contribution in [2.45, 2.75) is 63.8 Å². The molecule has 0 radical (unpaired) electrons. The Kier molecular flexibility index (Phi) is 5.44. The maximum absolute atomic E-state index is 13.8. The summed E-state index contributed by atoms with van der Waals surface area (Å²) in [4.78, 5) is 20.9. The lowest BCUT2D eigenvalue weighted by atomic mass is 9.97. The Morgan fingerprint density at radius 1 is 1.13 bits per heavy atom. The van der Waals surface area contributed by atoms with Crippen LogP contribution in [-0.2, 0) is 25.0 Å². The standard InChI is InChI=1S/C23H24N4O2S2/c1-4-18-25-26-19(29-18)12-30-23-24-21-20(16-7-5-6-8-17(16)31-21)22(28)27(23)15-10-9-13(2)14(3)11-15/h9-11H,4-8,12H2,1-3H3. The fourth-order valence-electron chi connectivity index (χ4n) is 3.99. The molecule has 0 N–H and O–H groups in total. The highest BCUT2D eigenvalue weighted by atomic mass is 32.2. The molecule has 3 aromatic heterocycles. The normalized spacial score (nSPS) is 13.6. The summed E-state index contributed by atoms with van der Waals surface area (Å²) in [5.41, 5.74) is 4.43. The summed E-state index contributed by atoms with van der Waals surface area (Å²) in [6.45, 7) is 6.13. The summed E-state index contributed by atoms with van der Waals surface area (Å²) in [5.74, 6) is 1.64. The minimum absolute atomic E-state index is 0.0231. The van der Waals surface area contributed by atoms with Gasteiger partial charge in [0.1, 0.15) is 4.83 Å². The summed E-state index contributed by atoms with van der Waals surface area (Å²) >= 11 is 3.14. The molecule has 0 saturated heterocycles. The zero-order valence-electron chi connectivity index (χ0n) is 17.9. The Labute approximate surface area is 188 Å². The second-order valence-corrected chi connectivity index (χ2v) is 9.95. The van der Waals surface area contributed by atoms with E-state index >= 15 is 0 Å². The number of fused-ring (bicyclic) bond motifs is 3. The number of aryl methyl sites for hydroxylation is 5. The van der Waals surface area contributed by atoms with Gasteiger partial charge < -0.3 is 4.42 Å². The molecule has 6 nitrogen and oxygen atoms in total. The quantitative estimate of drug-likeness (QED) is 0.307. The van der Waals surface area contributed by atoms with Gasteiger partial charge in [0.25, 0.3) is 5.56 Å². The van der Waals surface area contributed by atoms with Crippen molar-refractivity contribution in [3.63, 3.8) is 0 Å². The van der Waals surface area contributed by atoms with E-state index in [1.54, 1.807) is 15.9 Å². The van der Waals surface area contributed by atoms with Crippen LogP contribution in [0.4, 0.5) is 0 Å². The predicted octanol–water partition coefficient (Wildman–Crippen LogP) is 5.18. The summed E-state index contributed by atoms with van der Waals surface area (Å²) in [6.07, 6.45) is 5.03. The van der Waals surface area contributed by atoms with E-state index in [4.69, 9.17) is 9.40 Å². The van der Waals surface area contributed by atoms with Crippen molar-refractivity contribution in [1.82, 2.24) is 19.7 Å². The van der Waals surface area contributed by atoms with Gasteiger partial charge in [0, 0.05) is 11.3 Å². The molecule has 160 valence electrons. The topological polar surface area (TPSA) is 73.8 Å². The Morgan fingerprint density at radius 2 is 1.94 bits per heavy atom. The van der Waals surface area contributed by atoms with Gasteiger partial charge in [-0.3, -0.25) is 9.36 Å². The van der Waals surface area contributed by atoms with Crippen LogP contribution in [0.3, 0.4) is 0 Å². The fourth-order valence-corrected chi connectivity index (χ4v) is 6.14. The third-order valence-electron chi connectivity index (χ3n) is 5.84. The molecule has 0 amide bonds. The molecule has 0 atom stereocenters. The van der Waals surface area contributed by atoms with Crippen LogP contribution in [0.15, 0.2) is 32.6 Å². The Bertz CT molecular complexity index is 1340. The number of hydrogen-bond acceptors (Lipinski definition) is 7. The third-order valence-corrected chi connectivity index (χ3v) is 7.95. The summed E-state index contributed by atoms with van der Waals surface area (Å²) in [7, 11) is 0. The molecule has 31 heavy (non-hydrogen) atoms. The van der Waals surface area contributed by atoms with Crippen LogP contribution in [0, 0.1) is 13.8 Å². The Hall–Kier alpha value is -2.45. The van der Waals surface area contributed by atoms with Gasteiger partial charge in [-0.2, -0.15) is 0 Å². The van der Waals surface area contributed by atoms with Crippen molar-refractivity contribution in [3.8, 4) is 5.69 Å². The number of benzene rings is 1. The van der Waals surface area contributed by atoms with E-state index in [1.807, 2.05) is 13.0 Å². The van der Waals surface area contributed by atoms with E-state index in [-0.39, 0.29) is 5.56 Å². The van der Waals surface area contributed by atoms with Crippen molar-refractivity contribution >= 4 is 33.3 Å². The van der Waals surface area contributed by atoms with E-state index in [0.29, 0.717) is 29.1 Å². The van der Waals surface area contributed by atoms with Crippen LogP contribution in [0.5, 0.6) is 0 Å². The molecular weight excluding hydrogens is 428 g/mol. The fraction of sp³-hybridized carbons (Fsp3) is 0.391. The smallest absolute Gasteiger partial charge is 0.267 e. The molecule has 1 aliphatic carbocycles. The molecule has 0 saturated carbocycles. The van der Waals surface area contributed by atoms with Crippen molar-refractivity contribution in [3.05, 3.63) is 61.9 Å². The first kappa shape index (κ1) is 20.5. The van der Waals surface area contributed by atoms with Crippen molar-refractivity contribution in [2.24, 2.45) is 0 Å². The predicted molar refractivity (Wildman–Crippen MR) is 125 cm³/mol. The first-order chi connectivity index (χ1) is 15.0. The van der Waals surface area contributed by atoms with Crippen LogP contribution in [0.25, 0.3) is 15.9 Å². The zero-order valence-corrected chi connectivity index (χ0v) is 19.5. The van der Waals surface area contributed by atoms with E-state index in [1.165, 1.54) is 34.2 Å². The molecule has 0 aliphatic heterocycles. The molecule has 1 aromatic carbocycles. The molecule has 0 bridgehead atoms. The van der Waals surface area contributed by atoms with Gasteiger partial charge in [-0.1, -0.05) is 24.8 Å². The van der Waals surface area contributed by atoms with Crippen molar-refractivity contribution in [2.75, 3.05) is 0 Å². The molecule has 0 spiro atoms. The summed E-state index contributed by atoms with van der Waals surface area (Å²) in [6, 6.07) is 6.13. The second-order valence-electron chi connectivity index (χ2n) is 7.93. The van der Waals surface area contributed by atoms with Crippen LogP contribution in [0.2, 0.25) is 0 Å². The minimum Gasteiger partial charge on any atom is -0.424 e. The molecule has 5 rings (SSSR count). The molecule has 0 unspecified atom stereocenters. The molecule has 3 heterocycles. The average molecular weight is 453 g/mol. The number of thiophene rings is 1. The number of hydrogen-bond donors (Lipinski definition) is 0. The van der Waals surface area contributed by atoms with Crippen LogP contribution < -0.4 is 5.56 Å². The van der Waals surface area contributed by atoms with E-state index < -0.39 is 0 Å². The maximum atomic E-state index is 13.8. The van der Waals surface area contributed by atoms with Crippen LogP contribution in [0.1, 0.15) is 53.1 Å². The van der Waals surface area contributed by atoms with Gasteiger partial charge in [-0.25, -0.2) is 4.98 Å². The SMILES string of the molecule is CCc1nnc(CSc2nc3sc4c(c3c(=O)n2-c2ccc(C)c(C)c2)CCCC4)o1. The Morgan fingerprint density at radius 3 is 2.71 bits per heavy atom. The summed E-state index contributed by atoms with van der Waals surface area (Å²) in [5, 5.41) is 9.62.